The van der Waals surface area contributed by atoms with E-state index in [2.05, 4.69) is 4.98 Å². The van der Waals surface area contributed by atoms with Gasteiger partial charge in [-0.05, 0) is 30.3 Å². The Labute approximate surface area is 176 Å². The minimum absolute atomic E-state index is 0.169. The van der Waals surface area contributed by atoms with Crippen LogP contribution >= 0.6 is 0 Å². The number of fused-ring (bicyclic) bond motifs is 1. The van der Waals surface area contributed by atoms with E-state index in [1.807, 2.05) is 41.9 Å². The summed E-state index contributed by atoms with van der Waals surface area (Å²) >= 11 is 0. The van der Waals surface area contributed by atoms with E-state index in [0.717, 1.165) is 15.6 Å². The number of benzene rings is 2. The van der Waals surface area contributed by atoms with Gasteiger partial charge in [-0.3, -0.25) is 4.79 Å². The van der Waals surface area contributed by atoms with Crippen molar-refractivity contribution < 1.29 is 22.7 Å². The Morgan fingerprint density at radius 3 is 2.53 bits per heavy atom. The van der Waals surface area contributed by atoms with Gasteiger partial charge >= 0.3 is 5.97 Å². The van der Waals surface area contributed by atoms with Gasteiger partial charge in [-0.15, -0.1) is 0 Å². The van der Waals surface area contributed by atoms with E-state index in [4.69, 9.17) is 9.47 Å². The number of rotatable bonds is 9. The van der Waals surface area contributed by atoms with E-state index in [-0.39, 0.29) is 30.5 Å². The van der Waals surface area contributed by atoms with Gasteiger partial charge in [-0.2, -0.15) is 0 Å². The molecule has 0 aliphatic rings. The van der Waals surface area contributed by atoms with Crippen LogP contribution in [0.1, 0.15) is 12.2 Å². The molecule has 0 saturated heterocycles. The number of ether oxygens (including phenoxy) is 2. The van der Waals surface area contributed by atoms with Crippen LogP contribution in [0.25, 0.3) is 11.0 Å². The SMILES string of the molecule is CN(C)S(=O)(=O)c1ccc2c(c1)nc(CCC(=O)OCCOc1ccccc1)n2C. The van der Waals surface area contributed by atoms with Crippen molar-refractivity contribution in [1.29, 1.82) is 0 Å². The predicted octanol–water partition coefficient (Wildman–Crippen LogP) is 2.38. The van der Waals surface area contributed by atoms with Gasteiger partial charge in [0.15, 0.2) is 0 Å². The summed E-state index contributed by atoms with van der Waals surface area (Å²) in [6.45, 7) is 0.452. The van der Waals surface area contributed by atoms with Gasteiger partial charge in [0.05, 0.1) is 22.3 Å². The second-order valence-corrected chi connectivity index (χ2v) is 9.06. The fraction of sp³-hybridized carbons (Fsp3) is 0.333. The normalized spacial score (nSPS) is 11.7. The minimum Gasteiger partial charge on any atom is -0.490 e. The summed E-state index contributed by atoms with van der Waals surface area (Å²) in [5.74, 6) is 1.07. The van der Waals surface area contributed by atoms with Gasteiger partial charge in [-0.25, -0.2) is 17.7 Å². The zero-order valence-electron chi connectivity index (χ0n) is 17.2. The van der Waals surface area contributed by atoms with Crippen molar-refractivity contribution >= 4 is 27.0 Å². The van der Waals surface area contributed by atoms with Crippen LogP contribution in [0.5, 0.6) is 5.75 Å². The Morgan fingerprint density at radius 2 is 1.83 bits per heavy atom. The molecular weight excluding hydrogens is 406 g/mol. The number of carbonyl (C=O) groups is 1. The molecule has 9 heteroatoms. The fourth-order valence-electron chi connectivity index (χ4n) is 2.94. The van der Waals surface area contributed by atoms with Crippen LogP contribution in [-0.4, -0.2) is 55.6 Å². The maximum atomic E-state index is 12.3. The smallest absolute Gasteiger partial charge is 0.306 e. The van der Waals surface area contributed by atoms with Gasteiger partial charge in [-0.1, -0.05) is 18.2 Å². The first-order valence-electron chi connectivity index (χ1n) is 9.50. The third kappa shape index (κ3) is 4.98. The molecular formula is C21H25N3O5S. The molecule has 0 radical (unpaired) electrons. The number of aromatic nitrogens is 2. The Morgan fingerprint density at radius 1 is 1.10 bits per heavy atom. The Kier molecular flexibility index (Phi) is 6.73. The largest absolute Gasteiger partial charge is 0.490 e. The van der Waals surface area contributed by atoms with E-state index in [9.17, 15) is 13.2 Å². The van der Waals surface area contributed by atoms with Gasteiger partial charge in [0, 0.05) is 27.6 Å². The van der Waals surface area contributed by atoms with Crippen molar-refractivity contribution in [1.82, 2.24) is 13.9 Å². The number of imidazole rings is 1. The molecule has 8 nitrogen and oxygen atoms in total. The molecule has 0 amide bonds. The van der Waals surface area contributed by atoms with E-state index >= 15 is 0 Å². The molecule has 0 aliphatic heterocycles. The first-order valence-corrected chi connectivity index (χ1v) is 10.9. The molecule has 0 saturated carbocycles. The van der Waals surface area contributed by atoms with Crippen LogP contribution < -0.4 is 4.74 Å². The van der Waals surface area contributed by atoms with Crippen LogP contribution in [0.4, 0.5) is 0 Å². The number of aryl methyl sites for hydroxylation is 2. The van der Waals surface area contributed by atoms with Crippen molar-refractivity contribution in [3.05, 3.63) is 54.4 Å². The number of hydrogen-bond acceptors (Lipinski definition) is 6. The number of sulfonamides is 1. The molecule has 0 fully saturated rings. The highest BCUT2D eigenvalue weighted by molar-refractivity contribution is 7.89. The van der Waals surface area contributed by atoms with Crippen molar-refractivity contribution in [3.8, 4) is 5.75 Å². The molecule has 3 aromatic rings. The third-order valence-electron chi connectivity index (χ3n) is 4.63. The van der Waals surface area contributed by atoms with E-state index in [0.29, 0.717) is 17.8 Å². The molecule has 0 unspecified atom stereocenters. The molecule has 0 N–H and O–H groups in total. The van der Waals surface area contributed by atoms with Gasteiger partial charge < -0.3 is 14.0 Å². The average molecular weight is 432 g/mol. The molecule has 3 rings (SSSR count). The lowest BCUT2D eigenvalue weighted by Crippen LogP contribution is -2.22. The number of nitrogens with zero attached hydrogens (tertiary/aromatic N) is 3. The van der Waals surface area contributed by atoms with E-state index in [1.165, 1.54) is 14.1 Å². The minimum atomic E-state index is -3.53. The zero-order chi connectivity index (χ0) is 21.7. The highest BCUT2D eigenvalue weighted by atomic mass is 32.2. The topological polar surface area (TPSA) is 90.7 Å². The zero-order valence-corrected chi connectivity index (χ0v) is 18.1. The fourth-order valence-corrected chi connectivity index (χ4v) is 3.86. The lowest BCUT2D eigenvalue weighted by atomic mass is 10.3. The summed E-state index contributed by atoms with van der Waals surface area (Å²) in [4.78, 5) is 16.7. The molecule has 30 heavy (non-hydrogen) atoms. The van der Waals surface area contributed by atoms with Crippen LogP contribution in [0.15, 0.2) is 53.4 Å². The summed E-state index contributed by atoms with van der Waals surface area (Å²) < 4.78 is 38.3. The molecule has 2 aromatic carbocycles. The monoisotopic (exact) mass is 431 g/mol. The average Bonchev–Trinajstić information content (AvgIpc) is 3.05. The molecule has 0 aliphatic carbocycles. The van der Waals surface area contributed by atoms with E-state index < -0.39 is 10.0 Å². The van der Waals surface area contributed by atoms with E-state index in [1.54, 1.807) is 18.2 Å². The maximum Gasteiger partial charge on any atom is 0.306 e. The standard InChI is InChI=1S/C21H25N3O5S/c1-23(2)30(26,27)17-9-10-19-18(15-17)22-20(24(19)3)11-12-21(25)29-14-13-28-16-7-5-4-6-8-16/h4-10,15H,11-14H2,1-3H3. The molecule has 1 heterocycles. The highest BCUT2D eigenvalue weighted by Crippen LogP contribution is 2.22. The lowest BCUT2D eigenvalue weighted by Gasteiger charge is -2.10. The van der Waals surface area contributed by atoms with Gasteiger partial charge in [0.1, 0.15) is 24.8 Å². The molecule has 0 bridgehead atoms. The summed E-state index contributed by atoms with van der Waals surface area (Å²) in [5, 5.41) is 0. The maximum absolute atomic E-state index is 12.3. The Bertz CT molecular complexity index is 1120. The van der Waals surface area contributed by atoms with Crippen molar-refractivity contribution in [2.24, 2.45) is 7.05 Å². The predicted molar refractivity (Wildman–Crippen MR) is 113 cm³/mol. The molecule has 0 atom stereocenters. The Balaban J connectivity index is 1.56. The second kappa shape index (κ2) is 9.27. The lowest BCUT2D eigenvalue weighted by molar-refractivity contribution is -0.144. The first-order chi connectivity index (χ1) is 14.3. The summed E-state index contributed by atoms with van der Waals surface area (Å²) in [5.41, 5.74) is 1.37. The summed E-state index contributed by atoms with van der Waals surface area (Å²) in [6.07, 6.45) is 0.560. The van der Waals surface area contributed by atoms with Crippen molar-refractivity contribution in [2.45, 2.75) is 17.7 Å². The van der Waals surface area contributed by atoms with Crippen LogP contribution in [0.2, 0.25) is 0 Å². The van der Waals surface area contributed by atoms with Crippen molar-refractivity contribution in [2.75, 3.05) is 27.3 Å². The second-order valence-electron chi connectivity index (χ2n) is 6.91. The van der Waals surface area contributed by atoms with Crippen LogP contribution in [-0.2, 0) is 33.0 Å². The number of carbonyl (C=O) groups excluding carboxylic acids is 1. The third-order valence-corrected chi connectivity index (χ3v) is 6.45. The van der Waals surface area contributed by atoms with Gasteiger partial charge in [0.2, 0.25) is 10.0 Å². The van der Waals surface area contributed by atoms with Crippen LogP contribution in [0, 0.1) is 0 Å². The molecule has 160 valence electrons. The number of para-hydroxylation sites is 1. The Hall–Kier alpha value is -2.91. The van der Waals surface area contributed by atoms with Crippen molar-refractivity contribution in [3.63, 3.8) is 0 Å². The summed E-state index contributed by atoms with van der Waals surface area (Å²) in [7, 11) is 1.28. The highest BCUT2D eigenvalue weighted by Gasteiger charge is 2.19. The van der Waals surface area contributed by atoms with Crippen LogP contribution in [0.3, 0.4) is 0 Å². The number of hydrogen-bond donors (Lipinski definition) is 0. The quantitative estimate of drug-likeness (QED) is 0.382. The summed E-state index contributed by atoms with van der Waals surface area (Å²) in [6, 6.07) is 14.1. The first kappa shape index (κ1) is 21.8. The molecule has 1 aromatic heterocycles. The van der Waals surface area contributed by atoms with Gasteiger partial charge in [0.25, 0.3) is 0 Å². The number of esters is 1. The molecule has 0 spiro atoms.